The fourth-order valence-electron chi connectivity index (χ4n) is 3.46. The highest BCUT2D eigenvalue weighted by atomic mass is 35.5. The minimum atomic E-state index is -0.184. The van der Waals surface area contributed by atoms with Crippen LogP contribution < -0.4 is 0 Å². The van der Waals surface area contributed by atoms with Gasteiger partial charge in [0.2, 0.25) is 0 Å². The average Bonchev–Trinajstić information content (AvgIpc) is 3.36. The second-order valence-corrected chi connectivity index (χ2v) is 6.95. The maximum atomic E-state index is 12.9. The Hall–Kier alpha value is -2.11. The third-order valence-corrected chi connectivity index (χ3v) is 5.02. The second-order valence-electron chi connectivity index (χ2n) is 6.51. The van der Waals surface area contributed by atoms with E-state index in [9.17, 15) is 4.79 Å². The van der Waals surface area contributed by atoms with Gasteiger partial charge in [-0.05, 0) is 55.8 Å². The summed E-state index contributed by atoms with van der Waals surface area (Å²) in [5.74, 6) is 0.787. The van der Waals surface area contributed by atoms with Gasteiger partial charge in [0.25, 0.3) is 5.91 Å². The van der Waals surface area contributed by atoms with Gasteiger partial charge in [-0.2, -0.15) is 5.10 Å². The zero-order chi connectivity index (χ0) is 17.2. The summed E-state index contributed by atoms with van der Waals surface area (Å²) in [6, 6.07) is 11.1. The summed E-state index contributed by atoms with van der Waals surface area (Å²) in [5.41, 5.74) is 1.87. The van der Waals surface area contributed by atoms with Crippen LogP contribution in [-0.4, -0.2) is 41.2 Å². The van der Waals surface area contributed by atoms with Gasteiger partial charge in [-0.25, -0.2) is 5.01 Å². The minimum Gasteiger partial charge on any atom is -0.467 e. The fourth-order valence-corrected chi connectivity index (χ4v) is 3.59. The van der Waals surface area contributed by atoms with E-state index in [1.54, 1.807) is 11.3 Å². The smallest absolute Gasteiger partial charge is 0.257 e. The molecule has 2 aromatic rings. The van der Waals surface area contributed by atoms with Gasteiger partial charge in [0, 0.05) is 11.4 Å². The van der Waals surface area contributed by atoms with Gasteiger partial charge >= 0.3 is 0 Å². The molecule has 6 heteroatoms. The molecule has 0 spiro atoms. The molecule has 0 saturated carbocycles. The van der Waals surface area contributed by atoms with Crippen LogP contribution in [0.4, 0.5) is 0 Å². The van der Waals surface area contributed by atoms with Gasteiger partial charge in [-0.3, -0.25) is 9.69 Å². The molecule has 0 unspecified atom stereocenters. The molecule has 4 rings (SSSR count). The van der Waals surface area contributed by atoms with Crippen LogP contribution in [-0.2, 0) is 4.79 Å². The maximum absolute atomic E-state index is 12.9. The van der Waals surface area contributed by atoms with E-state index in [-0.39, 0.29) is 11.9 Å². The highest BCUT2D eigenvalue weighted by molar-refractivity contribution is 6.30. The first-order valence-corrected chi connectivity index (χ1v) is 9.00. The lowest BCUT2D eigenvalue weighted by molar-refractivity contribution is -0.134. The number of halogens is 1. The number of likely N-dealkylation sites (tertiary alicyclic amines) is 1. The molecule has 3 heterocycles. The predicted molar refractivity (Wildman–Crippen MR) is 96.6 cm³/mol. The molecule has 5 nitrogen and oxygen atoms in total. The molecule has 0 bridgehead atoms. The molecule has 1 atom stereocenters. The first-order chi connectivity index (χ1) is 12.2. The molecule has 1 aromatic carbocycles. The van der Waals surface area contributed by atoms with Gasteiger partial charge < -0.3 is 4.42 Å². The number of hydrogen-bond acceptors (Lipinski definition) is 4. The quantitative estimate of drug-likeness (QED) is 0.838. The van der Waals surface area contributed by atoms with Crippen molar-refractivity contribution >= 4 is 23.2 Å². The Bertz CT molecular complexity index is 764. The van der Waals surface area contributed by atoms with Crippen molar-refractivity contribution in [2.75, 3.05) is 19.6 Å². The van der Waals surface area contributed by atoms with Crippen molar-refractivity contribution in [3.63, 3.8) is 0 Å². The van der Waals surface area contributed by atoms with E-state index in [1.807, 2.05) is 36.4 Å². The Balaban J connectivity index is 1.59. The molecule has 2 aliphatic heterocycles. The first kappa shape index (κ1) is 16.4. The minimum absolute atomic E-state index is 0.0206. The Morgan fingerprint density at radius 2 is 1.96 bits per heavy atom. The molecule has 130 valence electrons. The van der Waals surface area contributed by atoms with Crippen molar-refractivity contribution in [3.05, 3.63) is 59.0 Å². The number of amides is 1. The van der Waals surface area contributed by atoms with E-state index >= 15 is 0 Å². The number of benzene rings is 1. The third kappa shape index (κ3) is 3.48. The number of carbonyl (C=O) groups is 1. The Labute approximate surface area is 151 Å². The van der Waals surface area contributed by atoms with Crippen LogP contribution in [0.25, 0.3) is 0 Å². The van der Waals surface area contributed by atoms with Crippen LogP contribution in [0.3, 0.4) is 0 Å². The Kier molecular flexibility index (Phi) is 4.59. The van der Waals surface area contributed by atoms with Gasteiger partial charge in [0.05, 0.1) is 18.5 Å². The summed E-state index contributed by atoms with van der Waals surface area (Å²) >= 11 is 5.98. The summed E-state index contributed by atoms with van der Waals surface area (Å²) in [5, 5.41) is 6.92. The van der Waals surface area contributed by atoms with Crippen molar-refractivity contribution in [3.8, 4) is 0 Å². The molecule has 2 aliphatic rings. The summed E-state index contributed by atoms with van der Waals surface area (Å²) in [4.78, 5) is 15.0. The molecule has 1 aromatic heterocycles. The van der Waals surface area contributed by atoms with Crippen LogP contribution in [0.2, 0.25) is 5.02 Å². The summed E-state index contributed by atoms with van der Waals surface area (Å²) < 4.78 is 5.57. The van der Waals surface area contributed by atoms with E-state index < -0.39 is 0 Å². The summed E-state index contributed by atoms with van der Waals surface area (Å²) in [6.45, 7) is 2.38. The standard InChI is InChI=1S/C19H20ClN3O2/c20-15-7-5-14(6-8-15)16-12-17(18-4-3-11-25-18)23(21-16)19(24)13-22-9-1-2-10-22/h3-8,11,17H,1-2,9-10,12-13H2/t17-/m0/s1. The lowest BCUT2D eigenvalue weighted by Gasteiger charge is -2.22. The van der Waals surface area contributed by atoms with Crippen molar-refractivity contribution in [2.24, 2.45) is 5.10 Å². The Morgan fingerprint density at radius 3 is 2.64 bits per heavy atom. The lowest BCUT2D eigenvalue weighted by Crippen LogP contribution is -2.36. The molecule has 0 aliphatic carbocycles. The van der Waals surface area contributed by atoms with Crippen molar-refractivity contribution in [2.45, 2.75) is 25.3 Å². The zero-order valence-corrected chi connectivity index (χ0v) is 14.7. The number of nitrogens with zero attached hydrogens (tertiary/aromatic N) is 3. The normalized spacial score (nSPS) is 20.9. The maximum Gasteiger partial charge on any atom is 0.257 e. The molecule has 25 heavy (non-hydrogen) atoms. The van der Waals surface area contributed by atoms with Crippen LogP contribution in [0.1, 0.15) is 36.6 Å². The summed E-state index contributed by atoms with van der Waals surface area (Å²) in [7, 11) is 0. The molecule has 1 amide bonds. The average molecular weight is 358 g/mol. The number of furan rings is 1. The predicted octanol–water partition coefficient (Wildman–Crippen LogP) is 3.71. The fraction of sp³-hybridized carbons (Fsp3) is 0.368. The van der Waals surface area contributed by atoms with E-state index in [1.165, 1.54) is 0 Å². The molecular formula is C19H20ClN3O2. The third-order valence-electron chi connectivity index (χ3n) is 4.77. The molecule has 1 saturated heterocycles. The van der Waals surface area contributed by atoms with Crippen LogP contribution in [0, 0.1) is 0 Å². The van der Waals surface area contributed by atoms with E-state index in [0.717, 1.165) is 43.0 Å². The van der Waals surface area contributed by atoms with E-state index in [0.29, 0.717) is 18.0 Å². The van der Waals surface area contributed by atoms with Crippen LogP contribution in [0.15, 0.2) is 52.2 Å². The van der Waals surface area contributed by atoms with E-state index in [2.05, 4.69) is 10.0 Å². The lowest BCUT2D eigenvalue weighted by atomic mass is 10.0. The molecular weight excluding hydrogens is 338 g/mol. The molecule has 0 radical (unpaired) electrons. The van der Waals surface area contributed by atoms with Crippen molar-refractivity contribution in [1.29, 1.82) is 0 Å². The zero-order valence-electron chi connectivity index (χ0n) is 13.9. The molecule has 0 N–H and O–H groups in total. The van der Waals surface area contributed by atoms with Crippen LogP contribution >= 0.6 is 11.6 Å². The summed E-state index contributed by atoms with van der Waals surface area (Å²) in [6.07, 6.45) is 4.60. The number of hydrazone groups is 1. The number of rotatable bonds is 4. The van der Waals surface area contributed by atoms with Gasteiger partial charge in [-0.1, -0.05) is 23.7 Å². The van der Waals surface area contributed by atoms with Crippen LogP contribution in [0.5, 0.6) is 0 Å². The highest BCUT2D eigenvalue weighted by Gasteiger charge is 2.35. The number of hydrogen-bond donors (Lipinski definition) is 0. The first-order valence-electron chi connectivity index (χ1n) is 8.62. The topological polar surface area (TPSA) is 49.1 Å². The Morgan fingerprint density at radius 1 is 1.20 bits per heavy atom. The monoisotopic (exact) mass is 357 g/mol. The van der Waals surface area contributed by atoms with Gasteiger partial charge in [-0.15, -0.1) is 0 Å². The van der Waals surface area contributed by atoms with Crippen molar-refractivity contribution < 1.29 is 9.21 Å². The van der Waals surface area contributed by atoms with Gasteiger partial charge in [0.1, 0.15) is 11.8 Å². The number of carbonyl (C=O) groups excluding carboxylic acids is 1. The largest absolute Gasteiger partial charge is 0.467 e. The van der Waals surface area contributed by atoms with Crippen molar-refractivity contribution in [1.82, 2.24) is 9.91 Å². The second kappa shape index (κ2) is 7.02. The SMILES string of the molecule is O=C(CN1CCCC1)N1N=C(c2ccc(Cl)cc2)C[C@H]1c1ccco1. The van der Waals surface area contributed by atoms with E-state index in [4.69, 9.17) is 16.0 Å². The molecule has 1 fully saturated rings. The highest BCUT2D eigenvalue weighted by Crippen LogP contribution is 2.33. The van der Waals surface area contributed by atoms with Gasteiger partial charge in [0.15, 0.2) is 0 Å².